The SMILES string of the molecule is O=[N+]([O-])c1cccnc1Oc1ccc2ccncc2c1. The van der Waals surface area contributed by atoms with Gasteiger partial charge in [-0.25, -0.2) is 4.98 Å². The van der Waals surface area contributed by atoms with Crippen LogP contribution in [0, 0.1) is 10.1 Å². The van der Waals surface area contributed by atoms with E-state index in [4.69, 9.17) is 4.74 Å². The van der Waals surface area contributed by atoms with Gasteiger partial charge < -0.3 is 4.74 Å². The number of hydrogen-bond donors (Lipinski definition) is 0. The first kappa shape index (κ1) is 12.0. The molecule has 3 rings (SSSR count). The summed E-state index contributed by atoms with van der Waals surface area (Å²) in [4.78, 5) is 18.3. The zero-order valence-corrected chi connectivity index (χ0v) is 10.3. The van der Waals surface area contributed by atoms with Gasteiger partial charge in [0.1, 0.15) is 5.75 Å². The molecule has 20 heavy (non-hydrogen) atoms. The molecule has 2 heterocycles. The number of rotatable bonds is 3. The van der Waals surface area contributed by atoms with E-state index >= 15 is 0 Å². The average Bonchev–Trinajstić information content (AvgIpc) is 2.47. The molecule has 0 N–H and O–H groups in total. The van der Waals surface area contributed by atoms with Crippen molar-refractivity contribution in [3.05, 3.63) is 65.1 Å². The van der Waals surface area contributed by atoms with Crippen LogP contribution in [0.5, 0.6) is 11.6 Å². The van der Waals surface area contributed by atoms with Crippen molar-refractivity contribution in [2.24, 2.45) is 0 Å². The lowest BCUT2D eigenvalue weighted by molar-refractivity contribution is -0.386. The van der Waals surface area contributed by atoms with E-state index in [0.29, 0.717) is 5.75 Å². The quantitative estimate of drug-likeness (QED) is 0.537. The van der Waals surface area contributed by atoms with Crippen LogP contribution in [0.2, 0.25) is 0 Å². The van der Waals surface area contributed by atoms with E-state index in [9.17, 15) is 10.1 Å². The fourth-order valence-electron chi connectivity index (χ4n) is 1.84. The molecular weight excluding hydrogens is 258 g/mol. The van der Waals surface area contributed by atoms with Crippen LogP contribution in [0.3, 0.4) is 0 Å². The first-order chi connectivity index (χ1) is 9.74. The number of aromatic nitrogens is 2. The molecule has 0 saturated carbocycles. The van der Waals surface area contributed by atoms with Crippen LogP contribution < -0.4 is 4.74 Å². The van der Waals surface area contributed by atoms with Gasteiger partial charge in [0.25, 0.3) is 5.88 Å². The third kappa shape index (κ3) is 2.26. The van der Waals surface area contributed by atoms with Crippen molar-refractivity contribution in [2.75, 3.05) is 0 Å². The van der Waals surface area contributed by atoms with Crippen molar-refractivity contribution in [1.29, 1.82) is 0 Å². The van der Waals surface area contributed by atoms with Gasteiger partial charge >= 0.3 is 5.69 Å². The third-order valence-electron chi connectivity index (χ3n) is 2.77. The van der Waals surface area contributed by atoms with Gasteiger partial charge in [0.15, 0.2) is 0 Å². The molecule has 3 aromatic rings. The van der Waals surface area contributed by atoms with Gasteiger partial charge in [-0.1, -0.05) is 6.07 Å². The van der Waals surface area contributed by atoms with Crippen LogP contribution in [0.4, 0.5) is 5.69 Å². The second kappa shape index (κ2) is 4.93. The summed E-state index contributed by atoms with van der Waals surface area (Å²) in [6.07, 6.45) is 4.85. The van der Waals surface area contributed by atoms with E-state index in [1.54, 1.807) is 24.5 Å². The molecule has 0 aliphatic heterocycles. The lowest BCUT2D eigenvalue weighted by Crippen LogP contribution is -1.95. The van der Waals surface area contributed by atoms with Gasteiger partial charge in [-0.3, -0.25) is 15.1 Å². The van der Waals surface area contributed by atoms with Crippen molar-refractivity contribution in [1.82, 2.24) is 9.97 Å². The molecule has 0 unspecified atom stereocenters. The number of nitro groups is 1. The maximum Gasteiger partial charge on any atom is 0.331 e. The Balaban J connectivity index is 1.99. The van der Waals surface area contributed by atoms with Crippen molar-refractivity contribution in [3.8, 4) is 11.6 Å². The molecule has 0 fully saturated rings. The van der Waals surface area contributed by atoms with Gasteiger partial charge in [0, 0.05) is 30.0 Å². The molecule has 0 saturated heterocycles. The maximum atomic E-state index is 10.9. The Kier molecular flexibility index (Phi) is 2.96. The summed E-state index contributed by atoms with van der Waals surface area (Å²) in [7, 11) is 0. The van der Waals surface area contributed by atoms with Crippen LogP contribution in [0.15, 0.2) is 55.0 Å². The van der Waals surface area contributed by atoms with Gasteiger partial charge in [-0.15, -0.1) is 0 Å². The summed E-state index contributed by atoms with van der Waals surface area (Å²) in [5.74, 6) is 0.452. The molecule has 0 atom stereocenters. The second-order valence-corrected chi connectivity index (χ2v) is 4.07. The monoisotopic (exact) mass is 267 g/mol. The van der Waals surface area contributed by atoms with Crippen molar-refractivity contribution < 1.29 is 9.66 Å². The smallest absolute Gasteiger partial charge is 0.331 e. The summed E-state index contributed by atoms with van der Waals surface area (Å²) >= 11 is 0. The molecule has 6 heteroatoms. The highest BCUT2D eigenvalue weighted by atomic mass is 16.6. The van der Waals surface area contributed by atoms with Gasteiger partial charge in [0.05, 0.1) is 4.92 Å². The van der Waals surface area contributed by atoms with Crippen LogP contribution in [-0.2, 0) is 0 Å². The van der Waals surface area contributed by atoms with Crippen molar-refractivity contribution in [3.63, 3.8) is 0 Å². The Hall–Kier alpha value is -3.02. The first-order valence-electron chi connectivity index (χ1n) is 5.85. The van der Waals surface area contributed by atoms with Crippen LogP contribution in [0.25, 0.3) is 10.8 Å². The highest BCUT2D eigenvalue weighted by Gasteiger charge is 2.16. The number of fused-ring (bicyclic) bond motifs is 1. The normalized spacial score (nSPS) is 10.4. The molecule has 0 spiro atoms. The zero-order valence-electron chi connectivity index (χ0n) is 10.3. The Bertz CT molecular complexity index is 789. The molecule has 0 aliphatic carbocycles. The molecule has 0 amide bonds. The van der Waals surface area contributed by atoms with E-state index in [2.05, 4.69) is 9.97 Å². The summed E-state index contributed by atoms with van der Waals surface area (Å²) < 4.78 is 5.50. The topological polar surface area (TPSA) is 78.2 Å². The van der Waals surface area contributed by atoms with Crippen LogP contribution in [-0.4, -0.2) is 14.9 Å². The lowest BCUT2D eigenvalue weighted by Gasteiger charge is -2.05. The fraction of sp³-hybridized carbons (Fsp3) is 0. The highest BCUT2D eigenvalue weighted by molar-refractivity contribution is 5.82. The van der Waals surface area contributed by atoms with Gasteiger partial charge in [-0.2, -0.15) is 0 Å². The number of benzene rings is 1. The molecule has 0 aliphatic rings. The summed E-state index contributed by atoms with van der Waals surface area (Å²) in [5.41, 5.74) is -0.168. The average molecular weight is 267 g/mol. The molecule has 0 radical (unpaired) electrons. The zero-order chi connectivity index (χ0) is 13.9. The van der Waals surface area contributed by atoms with Gasteiger partial charge in [0.2, 0.25) is 0 Å². The standard InChI is InChI=1S/C14H9N3O3/c18-17(19)13-2-1-6-16-14(13)20-12-4-3-10-5-7-15-9-11(10)8-12/h1-9H. The second-order valence-electron chi connectivity index (χ2n) is 4.07. The Morgan fingerprint density at radius 3 is 2.85 bits per heavy atom. The summed E-state index contributed by atoms with van der Waals surface area (Å²) in [6, 6.07) is 10.1. The highest BCUT2D eigenvalue weighted by Crippen LogP contribution is 2.29. The van der Waals surface area contributed by atoms with Crippen molar-refractivity contribution in [2.45, 2.75) is 0 Å². The van der Waals surface area contributed by atoms with Crippen LogP contribution in [0.1, 0.15) is 0 Å². The largest absolute Gasteiger partial charge is 0.434 e. The van der Waals surface area contributed by atoms with E-state index in [1.165, 1.54) is 18.3 Å². The summed E-state index contributed by atoms with van der Waals surface area (Å²) in [5, 5.41) is 12.8. The lowest BCUT2D eigenvalue weighted by atomic mass is 10.2. The Morgan fingerprint density at radius 1 is 1.10 bits per heavy atom. The van der Waals surface area contributed by atoms with Gasteiger partial charge in [-0.05, 0) is 29.7 Å². The maximum absolute atomic E-state index is 10.9. The molecule has 0 bridgehead atoms. The molecule has 6 nitrogen and oxygen atoms in total. The number of nitrogens with zero attached hydrogens (tertiary/aromatic N) is 3. The predicted molar refractivity (Wildman–Crippen MR) is 72.7 cm³/mol. The Labute approximate surface area is 113 Å². The number of hydrogen-bond acceptors (Lipinski definition) is 5. The Morgan fingerprint density at radius 2 is 2.00 bits per heavy atom. The number of ether oxygens (including phenoxy) is 1. The molecule has 98 valence electrons. The number of pyridine rings is 2. The van der Waals surface area contributed by atoms with Crippen molar-refractivity contribution >= 4 is 16.5 Å². The van der Waals surface area contributed by atoms with E-state index in [0.717, 1.165) is 10.8 Å². The predicted octanol–water partition coefficient (Wildman–Crippen LogP) is 3.33. The minimum atomic E-state index is -0.523. The third-order valence-corrected chi connectivity index (χ3v) is 2.77. The molecular formula is C14H9N3O3. The van der Waals surface area contributed by atoms with E-state index in [1.807, 2.05) is 12.1 Å². The van der Waals surface area contributed by atoms with Crippen LogP contribution >= 0.6 is 0 Å². The first-order valence-corrected chi connectivity index (χ1v) is 5.85. The van der Waals surface area contributed by atoms with E-state index < -0.39 is 4.92 Å². The summed E-state index contributed by atoms with van der Waals surface area (Å²) in [6.45, 7) is 0. The minimum absolute atomic E-state index is 0.0271. The molecule has 2 aromatic heterocycles. The minimum Gasteiger partial charge on any atom is -0.434 e. The fourth-order valence-corrected chi connectivity index (χ4v) is 1.84. The molecule has 1 aromatic carbocycles. The van der Waals surface area contributed by atoms with E-state index in [-0.39, 0.29) is 11.6 Å².